The molecule has 3 nitrogen and oxygen atoms in total. The van der Waals surface area contributed by atoms with Crippen molar-refractivity contribution < 1.29 is 4.79 Å². The van der Waals surface area contributed by atoms with Gasteiger partial charge in [-0.3, -0.25) is 4.79 Å². The van der Waals surface area contributed by atoms with Gasteiger partial charge in [0, 0.05) is 26.4 Å². The van der Waals surface area contributed by atoms with Gasteiger partial charge in [-0.25, -0.2) is 0 Å². The van der Waals surface area contributed by atoms with Crippen LogP contribution < -0.4 is 5.73 Å². The predicted molar refractivity (Wildman–Crippen MR) is 61.0 cm³/mol. The molecule has 0 aromatic heterocycles. The third-order valence-electron chi connectivity index (χ3n) is 2.81. The van der Waals surface area contributed by atoms with Crippen LogP contribution in [0, 0.1) is 5.92 Å². The molecule has 0 aromatic rings. The van der Waals surface area contributed by atoms with Gasteiger partial charge in [-0.2, -0.15) is 0 Å². The Labute approximate surface area is 90.6 Å². The molecule has 0 spiro atoms. The third-order valence-corrected chi connectivity index (χ3v) is 3.01. The van der Waals surface area contributed by atoms with E-state index in [-0.39, 0.29) is 5.91 Å². The summed E-state index contributed by atoms with van der Waals surface area (Å²) >= 11 is 4.76. The largest absolute Gasteiger partial charge is 0.393 e. The van der Waals surface area contributed by atoms with Crippen molar-refractivity contribution in [2.45, 2.75) is 32.1 Å². The lowest BCUT2D eigenvalue weighted by Crippen LogP contribution is -2.32. The van der Waals surface area contributed by atoms with Crippen molar-refractivity contribution in [1.82, 2.24) is 4.90 Å². The minimum absolute atomic E-state index is 0.228. The SMILES string of the molecule is CN(CCC(N)=S)C(=O)CC1CCC1. The smallest absolute Gasteiger partial charge is 0.222 e. The van der Waals surface area contributed by atoms with Gasteiger partial charge in [0.2, 0.25) is 5.91 Å². The zero-order valence-corrected chi connectivity index (χ0v) is 9.48. The van der Waals surface area contributed by atoms with E-state index in [0.717, 1.165) is 0 Å². The zero-order valence-electron chi connectivity index (χ0n) is 8.66. The molecule has 0 aromatic carbocycles. The first-order chi connectivity index (χ1) is 6.59. The van der Waals surface area contributed by atoms with Gasteiger partial charge in [0.25, 0.3) is 0 Å². The highest BCUT2D eigenvalue weighted by atomic mass is 32.1. The molecular formula is C10H18N2OS. The van der Waals surface area contributed by atoms with Gasteiger partial charge in [0.15, 0.2) is 0 Å². The van der Waals surface area contributed by atoms with Gasteiger partial charge >= 0.3 is 0 Å². The summed E-state index contributed by atoms with van der Waals surface area (Å²) in [6, 6.07) is 0. The topological polar surface area (TPSA) is 46.3 Å². The first-order valence-corrected chi connectivity index (χ1v) is 5.52. The normalized spacial score (nSPS) is 16.1. The molecule has 0 heterocycles. The molecule has 1 fully saturated rings. The van der Waals surface area contributed by atoms with E-state index in [2.05, 4.69) is 0 Å². The number of amides is 1. The Morgan fingerprint density at radius 1 is 1.57 bits per heavy atom. The average Bonchev–Trinajstić information content (AvgIpc) is 2.06. The Balaban J connectivity index is 2.17. The van der Waals surface area contributed by atoms with Crippen LogP contribution in [-0.2, 0) is 4.79 Å². The van der Waals surface area contributed by atoms with Gasteiger partial charge in [-0.05, 0) is 18.8 Å². The first kappa shape index (κ1) is 11.4. The standard InChI is InChI=1S/C10H18N2OS/c1-12(6-5-9(11)14)10(13)7-8-3-2-4-8/h8H,2-7H2,1H3,(H2,11,14). The summed E-state index contributed by atoms with van der Waals surface area (Å²) in [6.07, 6.45) is 5.05. The van der Waals surface area contributed by atoms with Crippen LogP contribution in [0.1, 0.15) is 32.1 Å². The van der Waals surface area contributed by atoms with Crippen molar-refractivity contribution in [2.75, 3.05) is 13.6 Å². The molecule has 1 rings (SSSR count). The lowest BCUT2D eigenvalue weighted by molar-refractivity contribution is -0.131. The van der Waals surface area contributed by atoms with E-state index in [1.54, 1.807) is 4.90 Å². The van der Waals surface area contributed by atoms with Crippen molar-refractivity contribution in [2.24, 2.45) is 11.7 Å². The van der Waals surface area contributed by atoms with Crippen LogP contribution in [0.5, 0.6) is 0 Å². The fraction of sp³-hybridized carbons (Fsp3) is 0.800. The van der Waals surface area contributed by atoms with E-state index >= 15 is 0 Å². The maximum atomic E-state index is 11.6. The minimum Gasteiger partial charge on any atom is -0.393 e. The summed E-state index contributed by atoms with van der Waals surface area (Å²) in [6.45, 7) is 0.654. The first-order valence-electron chi connectivity index (χ1n) is 5.12. The van der Waals surface area contributed by atoms with Crippen LogP contribution in [-0.4, -0.2) is 29.4 Å². The van der Waals surface area contributed by atoms with Crippen molar-refractivity contribution in [3.63, 3.8) is 0 Å². The summed E-state index contributed by atoms with van der Waals surface area (Å²) in [5.74, 6) is 0.862. The van der Waals surface area contributed by atoms with E-state index in [1.165, 1.54) is 19.3 Å². The third kappa shape index (κ3) is 3.62. The van der Waals surface area contributed by atoms with Gasteiger partial charge in [0.1, 0.15) is 0 Å². The van der Waals surface area contributed by atoms with Gasteiger partial charge in [-0.15, -0.1) is 0 Å². The lowest BCUT2D eigenvalue weighted by atomic mass is 9.83. The second-order valence-corrected chi connectivity index (χ2v) is 4.56. The highest BCUT2D eigenvalue weighted by Gasteiger charge is 2.22. The van der Waals surface area contributed by atoms with Gasteiger partial charge in [-0.1, -0.05) is 18.6 Å². The Kier molecular flexibility index (Phi) is 4.32. The average molecular weight is 214 g/mol. The van der Waals surface area contributed by atoms with E-state index in [9.17, 15) is 4.79 Å². The maximum Gasteiger partial charge on any atom is 0.222 e. The minimum atomic E-state index is 0.228. The van der Waals surface area contributed by atoms with Crippen molar-refractivity contribution in [3.8, 4) is 0 Å². The van der Waals surface area contributed by atoms with Crippen molar-refractivity contribution in [1.29, 1.82) is 0 Å². The number of nitrogens with zero attached hydrogens (tertiary/aromatic N) is 1. The van der Waals surface area contributed by atoms with Gasteiger partial charge in [0.05, 0.1) is 4.99 Å². The van der Waals surface area contributed by atoms with E-state index in [4.69, 9.17) is 18.0 Å². The molecule has 0 unspecified atom stereocenters. The number of carbonyl (C=O) groups excluding carboxylic acids is 1. The van der Waals surface area contributed by atoms with Crippen molar-refractivity contribution >= 4 is 23.1 Å². The van der Waals surface area contributed by atoms with Crippen molar-refractivity contribution in [3.05, 3.63) is 0 Å². The highest BCUT2D eigenvalue weighted by Crippen LogP contribution is 2.29. The second-order valence-electron chi connectivity index (χ2n) is 4.03. The Morgan fingerprint density at radius 3 is 2.64 bits per heavy atom. The van der Waals surface area contributed by atoms with E-state index in [0.29, 0.717) is 30.3 Å². The number of thiocarbonyl (C=S) groups is 1. The molecule has 0 radical (unpaired) electrons. The number of hydrogen-bond acceptors (Lipinski definition) is 2. The van der Waals surface area contributed by atoms with Crippen LogP contribution in [0.2, 0.25) is 0 Å². The van der Waals surface area contributed by atoms with Crippen LogP contribution >= 0.6 is 12.2 Å². The lowest BCUT2D eigenvalue weighted by Gasteiger charge is -2.27. The molecule has 80 valence electrons. The molecule has 1 aliphatic carbocycles. The molecule has 4 heteroatoms. The summed E-state index contributed by atoms with van der Waals surface area (Å²) in [5, 5.41) is 0. The van der Waals surface area contributed by atoms with E-state index < -0.39 is 0 Å². The highest BCUT2D eigenvalue weighted by molar-refractivity contribution is 7.80. The number of carbonyl (C=O) groups is 1. The fourth-order valence-electron chi connectivity index (χ4n) is 1.50. The van der Waals surface area contributed by atoms with Crippen LogP contribution in [0.15, 0.2) is 0 Å². The summed E-state index contributed by atoms with van der Waals surface area (Å²) in [7, 11) is 1.82. The number of nitrogens with two attached hydrogens (primary N) is 1. The molecule has 0 atom stereocenters. The Bertz CT molecular complexity index is 226. The molecule has 0 saturated heterocycles. The monoisotopic (exact) mass is 214 g/mol. The molecule has 1 aliphatic rings. The quantitative estimate of drug-likeness (QED) is 0.702. The molecule has 0 bridgehead atoms. The molecule has 0 aliphatic heterocycles. The Hall–Kier alpha value is -0.640. The number of hydrogen-bond donors (Lipinski definition) is 1. The molecule has 2 N–H and O–H groups in total. The predicted octanol–water partition coefficient (Wildman–Crippen LogP) is 1.31. The fourth-order valence-corrected chi connectivity index (χ4v) is 1.59. The summed E-state index contributed by atoms with van der Waals surface area (Å²) in [5.41, 5.74) is 5.37. The summed E-state index contributed by atoms with van der Waals surface area (Å²) < 4.78 is 0. The van der Waals surface area contributed by atoms with Crippen LogP contribution in [0.4, 0.5) is 0 Å². The zero-order chi connectivity index (χ0) is 10.6. The maximum absolute atomic E-state index is 11.6. The van der Waals surface area contributed by atoms with Crippen LogP contribution in [0.3, 0.4) is 0 Å². The Morgan fingerprint density at radius 2 is 2.21 bits per heavy atom. The molecular weight excluding hydrogens is 196 g/mol. The van der Waals surface area contributed by atoms with Gasteiger partial charge < -0.3 is 10.6 Å². The molecule has 14 heavy (non-hydrogen) atoms. The van der Waals surface area contributed by atoms with E-state index in [1.807, 2.05) is 7.05 Å². The number of rotatable bonds is 5. The molecule has 1 saturated carbocycles. The summed E-state index contributed by atoms with van der Waals surface area (Å²) in [4.78, 5) is 13.8. The second kappa shape index (κ2) is 5.29. The van der Waals surface area contributed by atoms with Crippen LogP contribution in [0.25, 0.3) is 0 Å². The molecule has 1 amide bonds.